The Kier molecular flexibility index (Phi) is 5.27. The molecule has 0 spiro atoms. The summed E-state index contributed by atoms with van der Waals surface area (Å²) in [6.07, 6.45) is 0.563. The van der Waals surface area contributed by atoms with Gasteiger partial charge in [0, 0.05) is 17.5 Å². The number of thiophene rings is 1. The molecule has 0 atom stereocenters. The van der Waals surface area contributed by atoms with Crippen LogP contribution in [0.4, 0.5) is 4.39 Å². The Hall–Kier alpha value is -2.21. The van der Waals surface area contributed by atoms with Crippen LogP contribution in [0.1, 0.15) is 32.5 Å². The van der Waals surface area contributed by atoms with Gasteiger partial charge in [0.15, 0.2) is 17.3 Å². The molecule has 0 saturated carbocycles. The van der Waals surface area contributed by atoms with Gasteiger partial charge >= 0.3 is 0 Å². The minimum atomic E-state index is -0.411. The molecule has 1 heterocycles. The number of hydrogen-bond acceptors (Lipinski definition) is 4. The summed E-state index contributed by atoms with van der Waals surface area (Å²) >= 11 is 1.24. The van der Waals surface area contributed by atoms with E-state index in [1.807, 2.05) is 0 Å². The van der Waals surface area contributed by atoms with Crippen molar-refractivity contribution in [2.24, 2.45) is 0 Å². The second-order valence-electron chi connectivity index (χ2n) is 4.73. The summed E-state index contributed by atoms with van der Waals surface area (Å²) < 4.78 is 18.2. The van der Waals surface area contributed by atoms with Crippen molar-refractivity contribution in [3.05, 3.63) is 51.5 Å². The lowest BCUT2D eigenvalue weighted by molar-refractivity contribution is 0.0958. The SMILES string of the molecule is COc1cc(CCNC(=O)c2cc(C(C)=O)cs2)ccc1F. The molecule has 0 radical (unpaired) electrons. The zero-order chi connectivity index (χ0) is 16.1. The Morgan fingerprint density at radius 1 is 1.32 bits per heavy atom. The van der Waals surface area contributed by atoms with Crippen molar-refractivity contribution in [1.29, 1.82) is 0 Å². The fourth-order valence-corrected chi connectivity index (χ4v) is 2.77. The molecule has 1 amide bonds. The molecule has 116 valence electrons. The van der Waals surface area contributed by atoms with Crippen molar-refractivity contribution >= 4 is 23.0 Å². The molecule has 0 fully saturated rings. The van der Waals surface area contributed by atoms with Crippen LogP contribution in [0, 0.1) is 5.82 Å². The van der Waals surface area contributed by atoms with Gasteiger partial charge in [-0.3, -0.25) is 9.59 Å². The summed E-state index contributed by atoms with van der Waals surface area (Å²) in [7, 11) is 1.41. The number of methoxy groups -OCH3 is 1. The number of rotatable bonds is 6. The number of carbonyl (C=O) groups is 2. The first-order chi connectivity index (χ1) is 10.5. The molecule has 0 unspecified atom stereocenters. The van der Waals surface area contributed by atoms with E-state index < -0.39 is 5.82 Å². The second-order valence-corrected chi connectivity index (χ2v) is 5.64. The topological polar surface area (TPSA) is 55.4 Å². The van der Waals surface area contributed by atoms with Crippen molar-refractivity contribution < 1.29 is 18.7 Å². The predicted octanol–water partition coefficient (Wildman–Crippen LogP) is 3.07. The van der Waals surface area contributed by atoms with Crippen LogP contribution in [-0.2, 0) is 6.42 Å². The number of ether oxygens (including phenoxy) is 1. The third-order valence-electron chi connectivity index (χ3n) is 3.14. The van der Waals surface area contributed by atoms with E-state index >= 15 is 0 Å². The number of benzene rings is 1. The quantitative estimate of drug-likeness (QED) is 0.832. The predicted molar refractivity (Wildman–Crippen MR) is 83.3 cm³/mol. The summed E-state index contributed by atoms with van der Waals surface area (Å²) in [5.74, 6) is -0.501. The standard InChI is InChI=1S/C16H16FNO3S/c1-10(19)12-8-15(22-9-12)16(20)18-6-5-11-3-4-13(17)14(7-11)21-2/h3-4,7-9H,5-6H2,1-2H3,(H,18,20). The molecule has 1 N–H and O–H groups in total. The second kappa shape index (κ2) is 7.17. The summed E-state index contributed by atoms with van der Waals surface area (Å²) in [6, 6.07) is 6.20. The van der Waals surface area contributed by atoms with Gasteiger partial charge in [0.05, 0.1) is 12.0 Å². The number of hydrogen-bond donors (Lipinski definition) is 1. The third kappa shape index (κ3) is 3.92. The normalized spacial score (nSPS) is 10.3. The Balaban J connectivity index is 1.90. The van der Waals surface area contributed by atoms with Gasteiger partial charge in [-0.25, -0.2) is 4.39 Å². The molecule has 0 aliphatic carbocycles. The molecule has 6 heteroatoms. The van der Waals surface area contributed by atoms with E-state index in [-0.39, 0.29) is 17.4 Å². The third-order valence-corrected chi connectivity index (χ3v) is 4.07. The molecule has 0 aliphatic heterocycles. The first kappa shape index (κ1) is 16.2. The fraction of sp³-hybridized carbons (Fsp3) is 0.250. The molecule has 4 nitrogen and oxygen atoms in total. The maximum absolute atomic E-state index is 13.3. The molecule has 0 saturated heterocycles. The Bertz CT molecular complexity index is 696. The van der Waals surface area contributed by atoms with Crippen LogP contribution in [0.25, 0.3) is 0 Å². The highest BCUT2D eigenvalue weighted by molar-refractivity contribution is 7.12. The number of Topliss-reactive ketones (excluding diaryl/α,β-unsaturated/α-hetero) is 1. The van der Waals surface area contributed by atoms with Crippen LogP contribution in [0.2, 0.25) is 0 Å². The van der Waals surface area contributed by atoms with Crippen molar-refractivity contribution in [2.45, 2.75) is 13.3 Å². The Labute approximate surface area is 131 Å². The Morgan fingerprint density at radius 3 is 2.73 bits per heavy atom. The van der Waals surface area contributed by atoms with Gasteiger partial charge in [-0.1, -0.05) is 6.07 Å². The largest absolute Gasteiger partial charge is 0.494 e. The van der Waals surface area contributed by atoms with Crippen LogP contribution in [0.5, 0.6) is 5.75 Å². The van der Waals surface area contributed by atoms with Crippen LogP contribution in [0.15, 0.2) is 29.6 Å². The average Bonchev–Trinajstić information content (AvgIpc) is 2.99. The summed E-state index contributed by atoms with van der Waals surface area (Å²) in [5, 5.41) is 4.45. The monoisotopic (exact) mass is 321 g/mol. The van der Waals surface area contributed by atoms with E-state index in [0.717, 1.165) is 5.56 Å². The number of halogens is 1. The number of amides is 1. The van der Waals surface area contributed by atoms with E-state index in [9.17, 15) is 14.0 Å². The smallest absolute Gasteiger partial charge is 0.261 e. The molecule has 1 aromatic carbocycles. The maximum atomic E-state index is 13.3. The lowest BCUT2D eigenvalue weighted by Crippen LogP contribution is -2.24. The minimum absolute atomic E-state index is 0.0614. The van der Waals surface area contributed by atoms with Gasteiger partial charge in [-0.2, -0.15) is 0 Å². The van der Waals surface area contributed by atoms with E-state index in [4.69, 9.17) is 4.74 Å². The van der Waals surface area contributed by atoms with Gasteiger partial charge in [0.1, 0.15) is 0 Å². The zero-order valence-electron chi connectivity index (χ0n) is 12.3. The molecule has 2 rings (SSSR count). The first-order valence-corrected chi connectivity index (χ1v) is 7.59. The molecule has 0 aliphatic rings. The average molecular weight is 321 g/mol. The van der Waals surface area contributed by atoms with Crippen LogP contribution >= 0.6 is 11.3 Å². The first-order valence-electron chi connectivity index (χ1n) is 6.71. The van der Waals surface area contributed by atoms with E-state index in [1.165, 1.54) is 31.4 Å². The van der Waals surface area contributed by atoms with Gasteiger partial charge in [0.25, 0.3) is 5.91 Å². The van der Waals surface area contributed by atoms with Crippen molar-refractivity contribution in [1.82, 2.24) is 5.32 Å². The number of ketones is 1. The summed E-state index contributed by atoms with van der Waals surface area (Å²) in [6.45, 7) is 1.88. The fourth-order valence-electron chi connectivity index (χ4n) is 1.91. The highest BCUT2D eigenvalue weighted by Crippen LogP contribution is 2.18. The van der Waals surface area contributed by atoms with E-state index in [2.05, 4.69) is 5.32 Å². The van der Waals surface area contributed by atoms with Crippen LogP contribution in [-0.4, -0.2) is 25.3 Å². The molecule has 0 bridgehead atoms. The van der Waals surface area contributed by atoms with Gasteiger partial charge in [-0.05, 0) is 37.1 Å². The van der Waals surface area contributed by atoms with Gasteiger partial charge in [0.2, 0.25) is 0 Å². The highest BCUT2D eigenvalue weighted by atomic mass is 32.1. The molecule has 2 aromatic rings. The highest BCUT2D eigenvalue weighted by Gasteiger charge is 2.11. The van der Waals surface area contributed by atoms with Crippen molar-refractivity contribution in [3.63, 3.8) is 0 Å². The molecule has 22 heavy (non-hydrogen) atoms. The van der Waals surface area contributed by atoms with E-state index in [1.54, 1.807) is 23.6 Å². The van der Waals surface area contributed by atoms with E-state index in [0.29, 0.717) is 23.4 Å². The van der Waals surface area contributed by atoms with Crippen molar-refractivity contribution in [3.8, 4) is 5.75 Å². The molecular weight excluding hydrogens is 305 g/mol. The number of nitrogens with one attached hydrogen (secondary N) is 1. The maximum Gasteiger partial charge on any atom is 0.261 e. The Morgan fingerprint density at radius 2 is 2.09 bits per heavy atom. The van der Waals surface area contributed by atoms with Crippen LogP contribution < -0.4 is 10.1 Å². The lowest BCUT2D eigenvalue weighted by Gasteiger charge is -2.06. The summed E-state index contributed by atoms with van der Waals surface area (Å²) in [5.41, 5.74) is 1.41. The van der Waals surface area contributed by atoms with Gasteiger partial charge < -0.3 is 10.1 Å². The molecule has 1 aromatic heterocycles. The van der Waals surface area contributed by atoms with Gasteiger partial charge in [-0.15, -0.1) is 11.3 Å². The van der Waals surface area contributed by atoms with Crippen molar-refractivity contribution in [2.75, 3.05) is 13.7 Å². The summed E-state index contributed by atoms with van der Waals surface area (Å²) in [4.78, 5) is 23.7. The lowest BCUT2D eigenvalue weighted by atomic mass is 10.1. The minimum Gasteiger partial charge on any atom is -0.494 e. The number of carbonyl (C=O) groups excluding carboxylic acids is 2. The zero-order valence-corrected chi connectivity index (χ0v) is 13.1. The van der Waals surface area contributed by atoms with Crippen LogP contribution in [0.3, 0.4) is 0 Å². The molecular formula is C16H16FNO3S.